The molecule has 0 bridgehead atoms. The summed E-state index contributed by atoms with van der Waals surface area (Å²) < 4.78 is 10.8. The molecule has 0 aliphatic heterocycles. The van der Waals surface area contributed by atoms with Gasteiger partial charge >= 0.3 is 0 Å². The van der Waals surface area contributed by atoms with Gasteiger partial charge in [-0.15, -0.1) is 11.3 Å². The Morgan fingerprint density at radius 1 is 1.06 bits per heavy atom. The number of thiophene rings is 1. The summed E-state index contributed by atoms with van der Waals surface area (Å²) in [6.07, 6.45) is 4.10. The van der Waals surface area contributed by atoms with Crippen LogP contribution in [0.3, 0.4) is 0 Å². The quantitative estimate of drug-likeness (QED) is 0.390. The van der Waals surface area contributed by atoms with Crippen LogP contribution in [0.15, 0.2) is 60.0 Å². The number of rotatable bonds is 9. The van der Waals surface area contributed by atoms with E-state index >= 15 is 0 Å². The summed E-state index contributed by atoms with van der Waals surface area (Å²) in [5, 5.41) is 5.72. The zero-order valence-electron chi connectivity index (χ0n) is 19.8. The van der Waals surface area contributed by atoms with Crippen molar-refractivity contribution >= 4 is 34.8 Å². The van der Waals surface area contributed by atoms with E-state index in [4.69, 9.17) is 21.1 Å². The van der Waals surface area contributed by atoms with E-state index < -0.39 is 6.04 Å². The molecule has 8 heteroatoms. The number of nitrogens with one attached hydrogen (secondary N) is 1. The maximum atomic E-state index is 14.0. The van der Waals surface area contributed by atoms with E-state index in [2.05, 4.69) is 5.32 Å². The predicted molar refractivity (Wildman–Crippen MR) is 138 cm³/mol. The van der Waals surface area contributed by atoms with E-state index in [0.29, 0.717) is 27.6 Å². The molecular formula is C27H29ClN2O4S. The Kier molecular flexibility index (Phi) is 8.31. The molecule has 1 aromatic heterocycles. The second-order valence-corrected chi connectivity index (χ2v) is 9.99. The topological polar surface area (TPSA) is 67.9 Å². The van der Waals surface area contributed by atoms with Gasteiger partial charge in [0, 0.05) is 21.5 Å². The van der Waals surface area contributed by atoms with Crippen molar-refractivity contribution in [2.75, 3.05) is 14.2 Å². The fourth-order valence-corrected chi connectivity index (χ4v) is 5.28. The molecule has 2 aromatic carbocycles. The molecule has 4 rings (SSSR count). The fourth-order valence-electron chi connectivity index (χ4n) is 4.45. The Balaban J connectivity index is 1.75. The van der Waals surface area contributed by atoms with E-state index in [-0.39, 0.29) is 24.4 Å². The first-order valence-electron chi connectivity index (χ1n) is 11.6. The highest BCUT2D eigenvalue weighted by atomic mass is 35.5. The summed E-state index contributed by atoms with van der Waals surface area (Å²) >= 11 is 7.69. The van der Waals surface area contributed by atoms with Gasteiger partial charge in [-0.25, -0.2) is 0 Å². The molecule has 1 heterocycles. The van der Waals surface area contributed by atoms with Crippen LogP contribution in [-0.2, 0) is 11.3 Å². The molecule has 35 heavy (non-hydrogen) atoms. The number of carbonyl (C=O) groups excluding carboxylic acids is 2. The van der Waals surface area contributed by atoms with E-state index in [1.54, 1.807) is 53.7 Å². The van der Waals surface area contributed by atoms with Crippen molar-refractivity contribution in [1.29, 1.82) is 0 Å². The molecule has 1 aliphatic carbocycles. The molecule has 184 valence electrons. The highest BCUT2D eigenvalue weighted by molar-refractivity contribution is 7.09. The lowest BCUT2D eigenvalue weighted by Gasteiger charge is -2.32. The monoisotopic (exact) mass is 512 g/mol. The van der Waals surface area contributed by atoms with Crippen LogP contribution < -0.4 is 14.8 Å². The predicted octanol–water partition coefficient (Wildman–Crippen LogP) is 5.86. The summed E-state index contributed by atoms with van der Waals surface area (Å²) in [7, 11) is 3.08. The first kappa shape index (κ1) is 25.1. The zero-order valence-corrected chi connectivity index (χ0v) is 21.4. The van der Waals surface area contributed by atoms with Crippen LogP contribution in [0.25, 0.3) is 0 Å². The second kappa shape index (κ2) is 11.6. The summed E-state index contributed by atoms with van der Waals surface area (Å²) in [6, 6.07) is 15.4. The first-order valence-corrected chi connectivity index (χ1v) is 12.9. The summed E-state index contributed by atoms with van der Waals surface area (Å²) in [5.74, 6) is 0.514. The van der Waals surface area contributed by atoms with Gasteiger partial charge in [0.2, 0.25) is 5.91 Å². The molecule has 1 saturated carbocycles. The maximum Gasteiger partial charge on any atom is 0.255 e. The van der Waals surface area contributed by atoms with Crippen molar-refractivity contribution in [3.8, 4) is 11.5 Å². The van der Waals surface area contributed by atoms with Crippen LogP contribution in [0.1, 0.15) is 52.5 Å². The minimum Gasteiger partial charge on any atom is -0.493 e. The molecule has 0 saturated heterocycles. The smallest absolute Gasteiger partial charge is 0.255 e. The van der Waals surface area contributed by atoms with Gasteiger partial charge < -0.3 is 19.7 Å². The Hall–Kier alpha value is -3.03. The minimum absolute atomic E-state index is 0.122. The van der Waals surface area contributed by atoms with E-state index in [0.717, 1.165) is 30.6 Å². The van der Waals surface area contributed by atoms with Crippen molar-refractivity contribution in [3.05, 3.63) is 81.0 Å². The standard InChI is InChI=1S/C27H29ClN2O4S/c1-33-23-14-11-19(16-24(23)34-2)27(32)30(17-22-8-5-15-35-22)25(18-9-12-20(28)13-10-18)26(31)29-21-6-3-4-7-21/h5,8-16,21,25H,3-4,6-7,17H2,1-2H3,(H,29,31)/t25-/m0/s1. The SMILES string of the molecule is COc1ccc(C(=O)N(Cc2cccs2)[C@H](C(=O)NC2CCCC2)c2ccc(Cl)cc2)cc1OC. The number of halogens is 1. The number of carbonyl (C=O) groups is 2. The molecule has 3 aromatic rings. The van der Waals surface area contributed by atoms with Gasteiger partial charge in [-0.1, -0.05) is 42.6 Å². The highest BCUT2D eigenvalue weighted by Crippen LogP contribution is 2.32. The van der Waals surface area contributed by atoms with Crippen molar-refractivity contribution < 1.29 is 19.1 Å². The van der Waals surface area contributed by atoms with Crippen LogP contribution in [0.4, 0.5) is 0 Å². The van der Waals surface area contributed by atoms with Gasteiger partial charge in [-0.3, -0.25) is 9.59 Å². The average molecular weight is 513 g/mol. The fraction of sp³-hybridized carbons (Fsp3) is 0.333. The van der Waals surface area contributed by atoms with Gasteiger partial charge in [0.15, 0.2) is 11.5 Å². The van der Waals surface area contributed by atoms with Crippen molar-refractivity contribution in [2.24, 2.45) is 0 Å². The van der Waals surface area contributed by atoms with Crippen molar-refractivity contribution in [3.63, 3.8) is 0 Å². The molecule has 0 radical (unpaired) electrons. The first-order chi connectivity index (χ1) is 17.0. The average Bonchev–Trinajstić information content (AvgIpc) is 3.58. The Labute approximate surface area is 214 Å². The minimum atomic E-state index is -0.824. The van der Waals surface area contributed by atoms with Gasteiger partial charge in [0.25, 0.3) is 5.91 Å². The largest absolute Gasteiger partial charge is 0.493 e. The number of amides is 2. The number of hydrogen-bond acceptors (Lipinski definition) is 5. The number of methoxy groups -OCH3 is 2. The lowest BCUT2D eigenvalue weighted by Crippen LogP contribution is -2.45. The van der Waals surface area contributed by atoms with Gasteiger partial charge in [0.1, 0.15) is 6.04 Å². The lowest BCUT2D eigenvalue weighted by molar-refractivity contribution is -0.126. The number of nitrogens with zero attached hydrogens (tertiary/aromatic N) is 1. The summed E-state index contributed by atoms with van der Waals surface area (Å²) in [6.45, 7) is 0.288. The van der Waals surface area contributed by atoms with Crippen molar-refractivity contribution in [1.82, 2.24) is 10.2 Å². The molecule has 0 unspecified atom stereocenters. The molecule has 1 aliphatic rings. The Morgan fingerprint density at radius 2 is 1.77 bits per heavy atom. The lowest BCUT2D eigenvalue weighted by atomic mass is 10.0. The third-order valence-electron chi connectivity index (χ3n) is 6.24. The third kappa shape index (κ3) is 5.97. The summed E-state index contributed by atoms with van der Waals surface area (Å²) in [5.41, 5.74) is 1.11. The van der Waals surface area contributed by atoms with E-state index in [1.807, 2.05) is 29.6 Å². The van der Waals surface area contributed by atoms with Crippen LogP contribution in [0, 0.1) is 0 Å². The number of benzene rings is 2. The second-order valence-electron chi connectivity index (χ2n) is 8.53. The van der Waals surface area contributed by atoms with Crippen LogP contribution in [-0.4, -0.2) is 37.0 Å². The molecule has 2 amide bonds. The number of hydrogen-bond donors (Lipinski definition) is 1. The molecular weight excluding hydrogens is 484 g/mol. The van der Waals surface area contributed by atoms with Crippen LogP contribution in [0.2, 0.25) is 5.02 Å². The molecule has 0 spiro atoms. The highest BCUT2D eigenvalue weighted by Gasteiger charge is 2.34. The molecule has 1 N–H and O–H groups in total. The van der Waals surface area contributed by atoms with E-state index in [9.17, 15) is 9.59 Å². The van der Waals surface area contributed by atoms with Gasteiger partial charge in [-0.2, -0.15) is 0 Å². The van der Waals surface area contributed by atoms with Crippen molar-refractivity contribution in [2.45, 2.75) is 44.3 Å². The molecule has 1 fully saturated rings. The van der Waals surface area contributed by atoms with Gasteiger partial charge in [0.05, 0.1) is 20.8 Å². The Morgan fingerprint density at radius 3 is 2.40 bits per heavy atom. The Bertz CT molecular complexity index is 1140. The maximum absolute atomic E-state index is 14.0. The normalized spacial score (nSPS) is 14.4. The van der Waals surface area contributed by atoms with Gasteiger partial charge in [-0.05, 0) is 60.2 Å². The van der Waals surface area contributed by atoms with Crippen LogP contribution in [0.5, 0.6) is 11.5 Å². The zero-order chi connectivity index (χ0) is 24.8. The summed E-state index contributed by atoms with van der Waals surface area (Å²) in [4.78, 5) is 30.3. The molecule has 1 atom stereocenters. The van der Waals surface area contributed by atoms with Crippen LogP contribution >= 0.6 is 22.9 Å². The number of ether oxygens (including phenoxy) is 2. The third-order valence-corrected chi connectivity index (χ3v) is 7.36. The molecule has 6 nitrogen and oxygen atoms in total. The van der Waals surface area contributed by atoms with E-state index in [1.165, 1.54) is 7.11 Å².